The van der Waals surface area contributed by atoms with Gasteiger partial charge in [0.1, 0.15) is 6.79 Å². The minimum absolute atomic E-state index is 0.0158. The Labute approximate surface area is 175 Å². The third kappa shape index (κ3) is 2.95. The van der Waals surface area contributed by atoms with Crippen LogP contribution in [0.2, 0.25) is 0 Å². The molecular formula is C24H38O5. The zero-order valence-electron chi connectivity index (χ0n) is 18.6. The smallest absolute Gasteiger partial charge is 0.302 e. The van der Waals surface area contributed by atoms with Crippen LogP contribution in [0.1, 0.15) is 72.1 Å². The number of fused-ring (bicyclic) bond motifs is 3. The molecule has 164 valence electrons. The van der Waals surface area contributed by atoms with Crippen molar-refractivity contribution in [3.8, 4) is 0 Å². The van der Waals surface area contributed by atoms with Crippen LogP contribution in [0.25, 0.3) is 0 Å². The van der Waals surface area contributed by atoms with E-state index in [0.29, 0.717) is 18.4 Å². The highest BCUT2D eigenvalue weighted by Crippen LogP contribution is 2.73. The highest BCUT2D eigenvalue weighted by molar-refractivity contribution is 5.65. The predicted molar refractivity (Wildman–Crippen MR) is 110 cm³/mol. The maximum Gasteiger partial charge on any atom is 0.302 e. The SMILES string of the molecule is C=C1C(O)[C@@]23CC[C@@H]4[C@](C)(COC(C)=O)CCC[C@@]4(C)[C@@H]2CC[C@]1(OCOC)C3. The Hall–Kier alpha value is -0.910. The Morgan fingerprint density at radius 2 is 1.90 bits per heavy atom. The molecule has 5 nitrogen and oxygen atoms in total. The molecule has 4 saturated carbocycles. The van der Waals surface area contributed by atoms with Gasteiger partial charge < -0.3 is 19.3 Å². The fourth-order valence-electron chi connectivity index (χ4n) is 8.30. The predicted octanol–water partition coefficient (Wildman–Crippen LogP) is 4.23. The van der Waals surface area contributed by atoms with E-state index in [-0.39, 0.29) is 29.0 Å². The van der Waals surface area contributed by atoms with Crippen LogP contribution < -0.4 is 0 Å². The summed E-state index contributed by atoms with van der Waals surface area (Å²) in [5.74, 6) is 0.762. The third-order valence-electron chi connectivity index (χ3n) is 9.46. The summed E-state index contributed by atoms with van der Waals surface area (Å²) < 4.78 is 16.9. The van der Waals surface area contributed by atoms with Crippen LogP contribution in [0.4, 0.5) is 0 Å². The van der Waals surface area contributed by atoms with Gasteiger partial charge in [0.15, 0.2) is 0 Å². The monoisotopic (exact) mass is 406 g/mol. The first-order chi connectivity index (χ1) is 13.6. The average Bonchev–Trinajstić information content (AvgIpc) is 2.83. The van der Waals surface area contributed by atoms with Crippen LogP contribution in [-0.4, -0.2) is 43.3 Å². The largest absolute Gasteiger partial charge is 0.465 e. The highest BCUT2D eigenvalue weighted by atomic mass is 16.7. The van der Waals surface area contributed by atoms with E-state index in [1.165, 1.54) is 13.3 Å². The van der Waals surface area contributed by atoms with Gasteiger partial charge in [-0.2, -0.15) is 0 Å². The summed E-state index contributed by atoms with van der Waals surface area (Å²) in [7, 11) is 1.64. The molecule has 4 fully saturated rings. The van der Waals surface area contributed by atoms with Crippen molar-refractivity contribution in [1.29, 1.82) is 0 Å². The number of esters is 1. The standard InChI is InChI=1S/C24H38O5/c1-16-20(26)23-11-7-18-21(3,14-28-17(2)25)9-6-10-22(18,4)19(23)8-12-24(16,13-23)29-15-27-5/h18-20,26H,1,6-15H2,2-5H3/t18-,19+,20?,21+,22-,23-,24+/m1/s1. The number of carbonyl (C=O) groups is 1. The van der Waals surface area contributed by atoms with Crippen molar-refractivity contribution in [1.82, 2.24) is 0 Å². The summed E-state index contributed by atoms with van der Waals surface area (Å²) in [6.07, 6.45) is 7.81. The molecule has 4 aliphatic rings. The van der Waals surface area contributed by atoms with Gasteiger partial charge in [-0.25, -0.2) is 0 Å². The Morgan fingerprint density at radius 1 is 1.17 bits per heavy atom. The van der Waals surface area contributed by atoms with E-state index in [1.807, 2.05) is 0 Å². The lowest BCUT2D eigenvalue weighted by Gasteiger charge is -2.65. The number of ether oxygens (including phenoxy) is 3. The lowest BCUT2D eigenvalue weighted by Crippen LogP contribution is -2.60. The van der Waals surface area contributed by atoms with E-state index >= 15 is 0 Å². The molecule has 1 unspecified atom stereocenters. The van der Waals surface area contributed by atoms with E-state index in [1.54, 1.807) is 7.11 Å². The van der Waals surface area contributed by atoms with E-state index in [0.717, 1.165) is 50.5 Å². The number of carbonyl (C=O) groups excluding carboxylic acids is 1. The number of aliphatic hydroxyl groups is 1. The first kappa shape index (κ1) is 21.3. The summed E-state index contributed by atoms with van der Waals surface area (Å²) in [5, 5.41) is 11.4. The van der Waals surface area contributed by atoms with Crippen LogP contribution in [0, 0.1) is 28.1 Å². The van der Waals surface area contributed by atoms with Gasteiger partial charge in [0.05, 0.1) is 18.3 Å². The quantitative estimate of drug-likeness (QED) is 0.420. The van der Waals surface area contributed by atoms with Crippen molar-refractivity contribution in [2.24, 2.45) is 28.1 Å². The number of aliphatic hydroxyl groups excluding tert-OH is 1. The second-order valence-electron chi connectivity index (χ2n) is 10.9. The van der Waals surface area contributed by atoms with E-state index in [4.69, 9.17) is 14.2 Å². The molecule has 0 aromatic heterocycles. The molecule has 29 heavy (non-hydrogen) atoms. The Morgan fingerprint density at radius 3 is 2.59 bits per heavy atom. The van der Waals surface area contributed by atoms with Crippen molar-refractivity contribution >= 4 is 5.97 Å². The minimum Gasteiger partial charge on any atom is -0.465 e. The number of hydrogen-bond acceptors (Lipinski definition) is 5. The van der Waals surface area contributed by atoms with Crippen molar-refractivity contribution in [3.05, 3.63) is 12.2 Å². The average molecular weight is 407 g/mol. The third-order valence-corrected chi connectivity index (χ3v) is 9.46. The molecule has 0 heterocycles. The van der Waals surface area contributed by atoms with Gasteiger partial charge in [-0.3, -0.25) is 4.79 Å². The zero-order chi connectivity index (χ0) is 21.1. The second kappa shape index (κ2) is 7.06. The van der Waals surface area contributed by atoms with E-state index in [9.17, 15) is 9.90 Å². The molecule has 1 spiro atoms. The van der Waals surface area contributed by atoms with Crippen LogP contribution >= 0.6 is 0 Å². The van der Waals surface area contributed by atoms with Crippen LogP contribution in [0.3, 0.4) is 0 Å². The van der Waals surface area contributed by atoms with Gasteiger partial charge in [0.25, 0.3) is 0 Å². The molecule has 4 rings (SSSR count). The van der Waals surface area contributed by atoms with Crippen LogP contribution in [-0.2, 0) is 19.0 Å². The Kier molecular flexibility index (Phi) is 5.20. The molecule has 4 aliphatic carbocycles. The summed E-state index contributed by atoms with van der Waals surface area (Å²) >= 11 is 0. The van der Waals surface area contributed by atoms with Crippen molar-refractivity contribution in [3.63, 3.8) is 0 Å². The van der Waals surface area contributed by atoms with E-state index in [2.05, 4.69) is 20.4 Å². The first-order valence-electron chi connectivity index (χ1n) is 11.3. The van der Waals surface area contributed by atoms with Gasteiger partial charge in [0, 0.05) is 24.9 Å². The fraction of sp³-hybridized carbons (Fsp3) is 0.875. The Bertz CT molecular complexity index is 691. The highest BCUT2D eigenvalue weighted by Gasteiger charge is 2.70. The molecule has 5 heteroatoms. The zero-order valence-corrected chi connectivity index (χ0v) is 18.6. The van der Waals surface area contributed by atoms with Gasteiger partial charge >= 0.3 is 5.97 Å². The maximum atomic E-state index is 11.5. The van der Waals surface area contributed by atoms with Crippen molar-refractivity contribution in [2.75, 3.05) is 20.5 Å². The van der Waals surface area contributed by atoms with Crippen molar-refractivity contribution in [2.45, 2.75) is 83.8 Å². The first-order valence-corrected chi connectivity index (χ1v) is 11.3. The van der Waals surface area contributed by atoms with Gasteiger partial charge in [-0.1, -0.05) is 26.8 Å². The summed E-state index contributed by atoms with van der Waals surface area (Å²) in [6, 6.07) is 0. The van der Waals surface area contributed by atoms with Gasteiger partial charge in [-0.05, 0) is 67.8 Å². The summed E-state index contributed by atoms with van der Waals surface area (Å²) in [5.41, 5.74) is 0.433. The lowest BCUT2D eigenvalue weighted by atomic mass is 9.40. The minimum atomic E-state index is -0.508. The number of rotatable bonds is 5. The van der Waals surface area contributed by atoms with Gasteiger partial charge in [0.2, 0.25) is 0 Å². The van der Waals surface area contributed by atoms with Crippen LogP contribution in [0.5, 0.6) is 0 Å². The van der Waals surface area contributed by atoms with Crippen molar-refractivity contribution < 1.29 is 24.1 Å². The van der Waals surface area contributed by atoms with E-state index < -0.39 is 11.7 Å². The normalized spacial score (nSPS) is 48.7. The maximum absolute atomic E-state index is 11.5. The molecule has 0 aliphatic heterocycles. The number of methoxy groups -OCH3 is 1. The van der Waals surface area contributed by atoms with Gasteiger partial charge in [-0.15, -0.1) is 0 Å². The summed E-state index contributed by atoms with van der Waals surface area (Å²) in [6.45, 7) is 11.3. The topological polar surface area (TPSA) is 65.0 Å². The van der Waals surface area contributed by atoms with Crippen LogP contribution in [0.15, 0.2) is 12.2 Å². The molecule has 7 atom stereocenters. The molecular weight excluding hydrogens is 368 g/mol. The summed E-state index contributed by atoms with van der Waals surface area (Å²) in [4.78, 5) is 11.5. The number of hydrogen-bond donors (Lipinski definition) is 1. The molecule has 0 saturated heterocycles. The molecule has 0 aromatic rings. The molecule has 0 amide bonds. The molecule has 2 bridgehead atoms. The molecule has 1 N–H and O–H groups in total. The Balaban J connectivity index is 1.65. The lowest BCUT2D eigenvalue weighted by molar-refractivity contribution is -0.204. The fourth-order valence-corrected chi connectivity index (χ4v) is 8.30. The second-order valence-corrected chi connectivity index (χ2v) is 10.9. The molecule has 0 radical (unpaired) electrons. The molecule has 0 aromatic carbocycles.